The molecule has 0 radical (unpaired) electrons. The first-order valence-electron chi connectivity index (χ1n) is 7.37. The monoisotopic (exact) mass is 290 g/mol. The van der Waals surface area contributed by atoms with Crippen molar-refractivity contribution in [2.45, 2.75) is 33.6 Å². The SMILES string of the molecule is CC(=O)Nc1ccc(CCNC(N)=NCCC(C)C)cc1. The number of nitrogens with one attached hydrogen (secondary N) is 2. The van der Waals surface area contributed by atoms with Crippen LogP contribution in [0.1, 0.15) is 32.8 Å². The number of nitrogens with zero attached hydrogens (tertiary/aromatic N) is 1. The van der Waals surface area contributed by atoms with Gasteiger partial charge in [0.25, 0.3) is 0 Å². The number of carbonyl (C=O) groups is 1. The van der Waals surface area contributed by atoms with Crippen LogP contribution in [-0.2, 0) is 11.2 Å². The Morgan fingerprint density at radius 3 is 2.52 bits per heavy atom. The largest absolute Gasteiger partial charge is 0.370 e. The number of carbonyl (C=O) groups excluding carboxylic acids is 1. The summed E-state index contributed by atoms with van der Waals surface area (Å²) in [4.78, 5) is 15.2. The third kappa shape index (κ3) is 7.97. The fraction of sp³-hybridized carbons (Fsp3) is 0.500. The van der Waals surface area contributed by atoms with Gasteiger partial charge in [-0.2, -0.15) is 0 Å². The van der Waals surface area contributed by atoms with Crippen LogP contribution in [0.2, 0.25) is 0 Å². The zero-order valence-corrected chi connectivity index (χ0v) is 13.1. The molecule has 1 rings (SSSR count). The molecule has 0 aromatic heterocycles. The van der Waals surface area contributed by atoms with E-state index in [1.54, 1.807) is 0 Å². The molecule has 5 heteroatoms. The lowest BCUT2D eigenvalue weighted by atomic mass is 10.1. The Kier molecular flexibility index (Phi) is 7.29. The molecule has 0 heterocycles. The van der Waals surface area contributed by atoms with Crippen molar-refractivity contribution in [3.8, 4) is 0 Å². The Morgan fingerprint density at radius 2 is 1.95 bits per heavy atom. The van der Waals surface area contributed by atoms with E-state index in [0.717, 1.165) is 31.6 Å². The lowest BCUT2D eigenvalue weighted by Crippen LogP contribution is -2.33. The first-order chi connectivity index (χ1) is 9.97. The van der Waals surface area contributed by atoms with Gasteiger partial charge in [-0.15, -0.1) is 0 Å². The van der Waals surface area contributed by atoms with Crippen LogP contribution in [0, 0.1) is 5.92 Å². The summed E-state index contributed by atoms with van der Waals surface area (Å²) in [6.45, 7) is 7.35. The van der Waals surface area contributed by atoms with Crippen molar-refractivity contribution in [1.29, 1.82) is 0 Å². The summed E-state index contributed by atoms with van der Waals surface area (Å²) in [5.41, 5.74) is 7.79. The molecule has 0 spiro atoms. The minimum Gasteiger partial charge on any atom is -0.370 e. The Bertz CT molecular complexity index is 466. The molecular weight excluding hydrogens is 264 g/mol. The van der Waals surface area contributed by atoms with Gasteiger partial charge in [-0.3, -0.25) is 9.79 Å². The maximum atomic E-state index is 10.9. The third-order valence-electron chi connectivity index (χ3n) is 2.98. The smallest absolute Gasteiger partial charge is 0.221 e. The second kappa shape index (κ2) is 9.00. The van der Waals surface area contributed by atoms with Crippen LogP contribution in [0.3, 0.4) is 0 Å². The molecule has 0 saturated carbocycles. The van der Waals surface area contributed by atoms with Gasteiger partial charge in [-0.05, 0) is 36.5 Å². The van der Waals surface area contributed by atoms with E-state index >= 15 is 0 Å². The molecule has 116 valence electrons. The van der Waals surface area contributed by atoms with E-state index < -0.39 is 0 Å². The van der Waals surface area contributed by atoms with Gasteiger partial charge in [0.1, 0.15) is 0 Å². The highest BCUT2D eigenvalue weighted by Crippen LogP contribution is 2.09. The molecule has 0 aliphatic carbocycles. The minimum atomic E-state index is -0.0604. The first kappa shape index (κ1) is 17.0. The number of anilines is 1. The lowest BCUT2D eigenvalue weighted by Gasteiger charge is -2.07. The number of amides is 1. The molecule has 1 amide bonds. The summed E-state index contributed by atoms with van der Waals surface area (Å²) in [5.74, 6) is 1.09. The molecule has 0 atom stereocenters. The van der Waals surface area contributed by atoms with Crippen molar-refractivity contribution in [3.63, 3.8) is 0 Å². The van der Waals surface area contributed by atoms with Crippen molar-refractivity contribution in [1.82, 2.24) is 5.32 Å². The maximum Gasteiger partial charge on any atom is 0.221 e. The van der Waals surface area contributed by atoms with E-state index in [9.17, 15) is 4.79 Å². The van der Waals surface area contributed by atoms with Gasteiger partial charge in [0.05, 0.1) is 0 Å². The van der Waals surface area contributed by atoms with E-state index in [4.69, 9.17) is 5.73 Å². The normalized spacial score (nSPS) is 11.5. The first-order valence-corrected chi connectivity index (χ1v) is 7.37. The van der Waals surface area contributed by atoms with Crippen molar-refractivity contribution in [2.75, 3.05) is 18.4 Å². The zero-order valence-electron chi connectivity index (χ0n) is 13.1. The Morgan fingerprint density at radius 1 is 1.29 bits per heavy atom. The molecule has 1 aromatic carbocycles. The molecule has 0 bridgehead atoms. The van der Waals surface area contributed by atoms with Gasteiger partial charge >= 0.3 is 0 Å². The average Bonchev–Trinajstić information content (AvgIpc) is 2.39. The summed E-state index contributed by atoms with van der Waals surface area (Å²) in [5, 5.41) is 5.85. The van der Waals surface area contributed by atoms with Crippen LogP contribution >= 0.6 is 0 Å². The fourth-order valence-electron chi connectivity index (χ4n) is 1.79. The van der Waals surface area contributed by atoms with E-state index in [1.807, 2.05) is 24.3 Å². The topological polar surface area (TPSA) is 79.5 Å². The molecule has 0 unspecified atom stereocenters. The maximum absolute atomic E-state index is 10.9. The highest BCUT2D eigenvalue weighted by Gasteiger charge is 1.98. The zero-order chi connectivity index (χ0) is 15.7. The van der Waals surface area contributed by atoms with E-state index in [-0.39, 0.29) is 5.91 Å². The number of benzene rings is 1. The number of guanidine groups is 1. The second-order valence-electron chi connectivity index (χ2n) is 5.50. The van der Waals surface area contributed by atoms with E-state index in [2.05, 4.69) is 29.5 Å². The number of nitrogens with two attached hydrogens (primary N) is 1. The molecule has 5 nitrogen and oxygen atoms in total. The van der Waals surface area contributed by atoms with Gasteiger partial charge in [-0.25, -0.2) is 0 Å². The Balaban J connectivity index is 2.30. The van der Waals surface area contributed by atoms with Crippen molar-refractivity contribution < 1.29 is 4.79 Å². The van der Waals surface area contributed by atoms with Crippen LogP contribution in [0.4, 0.5) is 5.69 Å². The summed E-state index contributed by atoms with van der Waals surface area (Å²) in [6.07, 6.45) is 1.91. The molecule has 0 saturated heterocycles. The van der Waals surface area contributed by atoms with Crippen LogP contribution in [0.15, 0.2) is 29.3 Å². The standard InChI is InChI=1S/C16H26N4O/c1-12(2)8-10-18-16(17)19-11-9-14-4-6-15(7-5-14)20-13(3)21/h4-7,12H,8-11H2,1-3H3,(H,20,21)(H3,17,18,19). The highest BCUT2D eigenvalue weighted by atomic mass is 16.1. The predicted molar refractivity (Wildman–Crippen MR) is 88.4 cm³/mol. The molecule has 21 heavy (non-hydrogen) atoms. The van der Waals surface area contributed by atoms with Crippen molar-refractivity contribution in [2.24, 2.45) is 16.6 Å². The van der Waals surface area contributed by atoms with Gasteiger partial charge < -0.3 is 16.4 Å². The minimum absolute atomic E-state index is 0.0604. The quantitative estimate of drug-likeness (QED) is 0.531. The van der Waals surface area contributed by atoms with Gasteiger partial charge in [-0.1, -0.05) is 26.0 Å². The number of aliphatic imine (C=N–C) groups is 1. The van der Waals surface area contributed by atoms with Crippen LogP contribution in [-0.4, -0.2) is 25.0 Å². The molecule has 0 fully saturated rings. The Labute approximate surface area is 127 Å². The Hall–Kier alpha value is -2.04. The third-order valence-corrected chi connectivity index (χ3v) is 2.98. The van der Waals surface area contributed by atoms with Gasteiger partial charge in [0.2, 0.25) is 5.91 Å². The van der Waals surface area contributed by atoms with Gasteiger partial charge in [0.15, 0.2) is 5.96 Å². The van der Waals surface area contributed by atoms with E-state index in [0.29, 0.717) is 11.9 Å². The predicted octanol–water partition coefficient (Wildman–Crippen LogP) is 2.14. The van der Waals surface area contributed by atoms with Gasteiger partial charge in [0, 0.05) is 25.7 Å². The summed E-state index contributed by atoms with van der Waals surface area (Å²) in [6, 6.07) is 7.80. The summed E-state index contributed by atoms with van der Waals surface area (Å²) in [7, 11) is 0. The highest BCUT2D eigenvalue weighted by molar-refractivity contribution is 5.88. The molecule has 4 N–H and O–H groups in total. The number of rotatable bonds is 7. The lowest BCUT2D eigenvalue weighted by molar-refractivity contribution is -0.114. The molecule has 0 aliphatic rings. The summed E-state index contributed by atoms with van der Waals surface area (Å²) < 4.78 is 0. The van der Waals surface area contributed by atoms with Crippen LogP contribution in [0.25, 0.3) is 0 Å². The fourth-order valence-corrected chi connectivity index (χ4v) is 1.79. The second-order valence-corrected chi connectivity index (χ2v) is 5.50. The van der Waals surface area contributed by atoms with Crippen molar-refractivity contribution in [3.05, 3.63) is 29.8 Å². The van der Waals surface area contributed by atoms with Crippen LogP contribution in [0.5, 0.6) is 0 Å². The molecule has 0 aliphatic heterocycles. The van der Waals surface area contributed by atoms with Crippen LogP contribution < -0.4 is 16.4 Å². The van der Waals surface area contributed by atoms with Crippen molar-refractivity contribution >= 4 is 17.6 Å². The average molecular weight is 290 g/mol. The number of hydrogen-bond acceptors (Lipinski definition) is 2. The molecule has 1 aromatic rings. The molecular formula is C16H26N4O. The summed E-state index contributed by atoms with van der Waals surface area (Å²) >= 11 is 0. The number of hydrogen-bond donors (Lipinski definition) is 3. The van der Waals surface area contributed by atoms with E-state index in [1.165, 1.54) is 12.5 Å².